The fraction of sp³-hybridized carbons (Fsp3) is 0.250. The van der Waals surface area contributed by atoms with Crippen molar-refractivity contribution in [1.29, 1.82) is 0 Å². The highest BCUT2D eigenvalue weighted by molar-refractivity contribution is 5.52. The van der Waals surface area contributed by atoms with E-state index in [9.17, 15) is 0 Å². The van der Waals surface area contributed by atoms with Crippen molar-refractivity contribution in [3.63, 3.8) is 0 Å². The van der Waals surface area contributed by atoms with Gasteiger partial charge in [0.1, 0.15) is 0 Å². The van der Waals surface area contributed by atoms with E-state index in [-0.39, 0.29) is 0 Å². The summed E-state index contributed by atoms with van der Waals surface area (Å²) in [5, 5.41) is 0. The van der Waals surface area contributed by atoms with Gasteiger partial charge in [0.25, 0.3) is 0 Å². The summed E-state index contributed by atoms with van der Waals surface area (Å²) in [5.74, 6) is 0. The lowest BCUT2D eigenvalue weighted by Gasteiger charge is -2.22. The molecule has 0 amide bonds. The maximum absolute atomic E-state index is 2.30. The zero-order chi connectivity index (χ0) is 12.3. The minimum Gasteiger partial charge on any atom is -0.370 e. The quantitative estimate of drug-likeness (QED) is 0.764. The molecule has 0 aliphatic carbocycles. The van der Waals surface area contributed by atoms with Crippen LogP contribution in [0.2, 0.25) is 0 Å². The molecule has 0 unspecified atom stereocenters. The summed E-state index contributed by atoms with van der Waals surface area (Å²) in [6.45, 7) is 5.28. The van der Waals surface area contributed by atoms with Gasteiger partial charge in [-0.05, 0) is 36.6 Å². The average Bonchev–Trinajstić information content (AvgIpc) is 2.32. The van der Waals surface area contributed by atoms with Crippen LogP contribution in [0.15, 0.2) is 48.5 Å². The van der Waals surface area contributed by atoms with E-state index in [4.69, 9.17) is 0 Å². The number of hydrogen-bond acceptors (Lipinski definition) is 1. The average molecular weight is 225 g/mol. The maximum atomic E-state index is 2.30. The first kappa shape index (κ1) is 11.7. The van der Waals surface area contributed by atoms with Crippen molar-refractivity contribution in [1.82, 2.24) is 0 Å². The van der Waals surface area contributed by atoms with Gasteiger partial charge in [-0.25, -0.2) is 0 Å². The Labute approximate surface area is 104 Å². The molecule has 17 heavy (non-hydrogen) atoms. The van der Waals surface area contributed by atoms with Crippen LogP contribution in [0.25, 0.3) is 0 Å². The van der Waals surface area contributed by atoms with Gasteiger partial charge in [0.15, 0.2) is 0 Å². The molecule has 2 aromatic carbocycles. The molecule has 0 spiro atoms. The molecule has 0 saturated carbocycles. The predicted molar refractivity (Wildman–Crippen MR) is 74.5 cm³/mol. The fourth-order valence-corrected chi connectivity index (χ4v) is 2.12. The van der Waals surface area contributed by atoms with E-state index in [0.717, 1.165) is 6.54 Å². The molecule has 0 aliphatic heterocycles. The van der Waals surface area contributed by atoms with Crippen LogP contribution < -0.4 is 4.90 Å². The highest BCUT2D eigenvalue weighted by Gasteiger charge is 2.05. The molecule has 0 bridgehead atoms. The highest BCUT2D eigenvalue weighted by Crippen LogP contribution is 2.20. The molecule has 0 radical (unpaired) electrons. The number of benzene rings is 2. The van der Waals surface area contributed by atoms with Crippen molar-refractivity contribution >= 4 is 5.69 Å². The molecule has 0 aromatic heterocycles. The van der Waals surface area contributed by atoms with Crippen LogP contribution in [0.3, 0.4) is 0 Å². The summed E-state index contributed by atoms with van der Waals surface area (Å²) in [7, 11) is 2.15. The van der Waals surface area contributed by atoms with Crippen molar-refractivity contribution in [3.8, 4) is 0 Å². The van der Waals surface area contributed by atoms with Gasteiger partial charge in [-0.2, -0.15) is 0 Å². The Morgan fingerprint density at radius 3 is 2.06 bits per heavy atom. The zero-order valence-electron chi connectivity index (χ0n) is 10.8. The molecule has 1 heteroatoms. The number of nitrogens with zero attached hydrogens (tertiary/aromatic N) is 1. The van der Waals surface area contributed by atoms with Crippen LogP contribution in [0, 0.1) is 13.8 Å². The molecule has 0 fully saturated rings. The smallest absolute Gasteiger partial charge is 0.0428 e. The summed E-state index contributed by atoms with van der Waals surface area (Å²) in [6.07, 6.45) is 0. The predicted octanol–water partition coefficient (Wildman–Crippen LogP) is 3.94. The Bertz CT molecular complexity index is 502. The normalized spacial score (nSPS) is 10.3. The molecule has 2 rings (SSSR count). The van der Waals surface area contributed by atoms with Crippen molar-refractivity contribution in [3.05, 3.63) is 65.2 Å². The van der Waals surface area contributed by atoms with Crippen molar-refractivity contribution in [2.45, 2.75) is 20.4 Å². The molecule has 0 heterocycles. The van der Waals surface area contributed by atoms with E-state index in [0.29, 0.717) is 0 Å². The van der Waals surface area contributed by atoms with Crippen LogP contribution in [-0.4, -0.2) is 7.05 Å². The molecule has 0 aliphatic rings. The van der Waals surface area contributed by atoms with E-state index in [2.05, 4.69) is 74.3 Å². The van der Waals surface area contributed by atoms with Crippen LogP contribution in [0.1, 0.15) is 16.7 Å². The Morgan fingerprint density at radius 1 is 0.824 bits per heavy atom. The Balaban J connectivity index is 2.20. The van der Waals surface area contributed by atoms with E-state index in [1.165, 1.54) is 22.4 Å². The van der Waals surface area contributed by atoms with Crippen LogP contribution in [0.4, 0.5) is 5.69 Å². The van der Waals surface area contributed by atoms with Gasteiger partial charge >= 0.3 is 0 Å². The first-order chi connectivity index (χ1) is 8.18. The summed E-state index contributed by atoms with van der Waals surface area (Å²) in [6, 6.07) is 17.1. The second-order valence-corrected chi connectivity index (χ2v) is 4.57. The fourth-order valence-electron chi connectivity index (χ4n) is 2.12. The zero-order valence-corrected chi connectivity index (χ0v) is 10.8. The van der Waals surface area contributed by atoms with Crippen molar-refractivity contribution < 1.29 is 0 Å². The largest absolute Gasteiger partial charge is 0.370 e. The van der Waals surface area contributed by atoms with Gasteiger partial charge in [-0.1, -0.05) is 42.5 Å². The lowest BCUT2D eigenvalue weighted by molar-refractivity contribution is 0.909. The van der Waals surface area contributed by atoms with Crippen LogP contribution in [0.5, 0.6) is 0 Å². The van der Waals surface area contributed by atoms with Gasteiger partial charge in [0, 0.05) is 19.3 Å². The molecule has 2 aromatic rings. The van der Waals surface area contributed by atoms with E-state index in [1.54, 1.807) is 0 Å². The minimum atomic E-state index is 0.956. The third kappa shape index (κ3) is 2.68. The van der Waals surface area contributed by atoms with E-state index in [1.807, 2.05) is 0 Å². The first-order valence-corrected chi connectivity index (χ1v) is 6.00. The first-order valence-electron chi connectivity index (χ1n) is 6.00. The monoisotopic (exact) mass is 225 g/mol. The number of para-hydroxylation sites is 1. The lowest BCUT2D eigenvalue weighted by Crippen LogP contribution is -2.17. The van der Waals surface area contributed by atoms with E-state index >= 15 is 0 Å². The molecule has 88 valence electrons. The summed E-state index contributed by atoms with van der Waals surface area (Å²) >= 11 is 0. The SMILES string of the molecule is Cc1ccccc1CN(C)c1ccccc1C. The summed E-state index contributed by atoms with van der Waals surface area (Å²) in [4.78, 5) is 2.30. The second-order valence-electron chi connectivity index (χ2n) is 4.57. The molecular formula is C16H19N. The Hall–Kier alpha value is -1.76. The number of aryl methyl sites for hydroxylation is 2. The Kier molecular flexibility index (Phi) is 3.48. The molecule has 1 nitrogen and oxygen atoms in total. The van der Waals surface area contributed by atoms with Gasteiger partial charge in [0.2, 0.25) is 0 Å². The minimum absolute atomic E-state index is 0.956. The Morgan fingerprint density at radius 2 is 1.41 bits per heavy atom. The number of rotatable bonds is 3. The second kappa shape index (κ2) is 5.05. The van der Waals surface area contributed by atoms with Gasteiger partial charge in [-0.15, -0.1) is 0 Å². The van der Waals surface area contributed by atoms with Crippen molar-refractivity contribution in [2.75, 3.05) is 11.9 Å². The van der Waals surface area contributed by atoms with Gasteiger partial charge in [0.05, 0.1) is 0 Å². The summed E-state index contributed by atoms with van der Waals surface area (Å²) < 4.78 is 0. The highest BCUT2D eigenvalue weighted by atomic mass is 15.1. The lowest BCUT2D eigenvalue weighted by atomic mass is 10.1. The number of hydrogen-bond donors (Lipinski definition) is 0. The van der Waals surface area contributed by atoms with E-state index < -0.39 is 0 Å². The van der Waals surface area contributed by atoms with Gasteiger partial charge in [-0.3, -0.25) is 0 Å². The summed E-state index contributed by atoms with van der Waals surface area (Å²) in [5.41, 5.74) is 5.37. The topological polar surface area (TPSA) is 3.24 Å². The molecule has 0 atom stereocenters. The molecular weight excluding hydrogens is 206 g/mol. The maximum Gasteiger partial charge on any atom is 0.0428 e. The third-order valence-electron chi connectivity index (χ3n) is 3.20. The third-order valence-corrected chi connectivity index (χ3v) is 3.20. The standard InChI is InChI=1S/C16H19N/c1-13-8-4-6-10-15(13)12-17(3)16-11-7-5-9-14(16)2/h4-11H,12H2,1-3H3. The molecule has 0 N–H and O–H groups in total. The molecule has 0 saturated heterocycles. The van der Waals surface area contributed by atoms with Crippen LogP contribution in [-0.2, 0) is 6.54 Å². The number of anilines is 1. The van der Waals surface area contributed by atoms with Gasteiger partial charge < -0.3 is 4.90 Å². The van der Waals surface area contributed by atoms with Crippen LogP contribution >= 0.6 is 0 Å². The van der Waals surface area contributed by atoms with Crippen molar-refractivity contribution in [2.24, 2.45) is 0 Å².